The summed E-state index contributed by atoms with van der Waals surface area (Å²) >= 11 is 0. The molecule has 1 aromatic heterocycles. The van der Waals surface area contributed by atoms with Crippen molar-refractivity contribution in [3.8, 4) is 0 Å². The van der Waals surface area contributed by atoms with Crippen molar-refractivity contribution in [2.75, 3.05) is 6.54 Å². The maximum absolute atomic E-state index is 12.4. The third-order valence-electron chi connectivity index (χ3n) is 4.09. The van der Waals surface area contributed by atoms with Crippen LogP contribution in [0, 0.1) is 5.92 Å². The second-order valence-electron chi connectivity index (χ2n) is 6.34. The van der Waals surface area contributed by atoms with E-state index in [9.17, 15) is 8.42 Å². The highest BCUT2D eigenvalue weighted by atomic mass is 32.2. The predicted molar refractivity (Wildman–Crippen MR) is 82.4 cm³/mol. The number of furan rings is 1. The summed E-state index contributed by atoms with van der Waals surface area (Å²) in [6, 6.07) is 3.26. The fourth-order valence-corrected chi connectivity index (χ4v) is 4.03. The Hall–Kier alpha value is -0.850. The quantitative estimate of drug-likeness (QED) is 0.774. The second kappa shape index (κ2) is 6.50. The maximum Gasteiger partial charge on any atom is 0.274 e. The molecule has 1 aliphatic carbocycles. The van der Waals surface area contributed by atoms with Crippen molar-refractivity contribution in [1.82, 2.24) is 10.0 Å². The van der Waals surface area contributed by atoms with E-state index in [2.05, 4.69) is 23.9 Å². The van der Waals surface area contributed by atoms with E-state index >= 15 is 0 Å². The molecule has 0 radical (unpaired) electrons. The highest BCUT2D eigenvalue weighted by Crippen LogP contribution is 2.36. The molecule has 0 spiro atoms. The summed E-state index contributed by atoms with van der Waals surface area (Å²) in [7, 11) is -3.56. The average Bonchev–Trinajstić information content (AvgIpc) is 2.83. The summed E-state index contributed by atoms with van der Waals surface area (Å²) in [6.07, 6.45) is 3.72. The van der Waals surface area contributed by atoms with E-state index in [1.807, 2.05) is 6.92 Å². The Morgan fingerprint density at radius 1 is 1.33 bits per heavy atom. The van der Waals surface area contributed by atoms with Gasteiger partial charge < -0.3 is 9.73 Å². The van der Waals surface area contributed by atoms with E-state index in [-0.39, 0.29) is 10.6 Å². The van der Waals surface area contributed by atoms with E-state index in [1.54, 1.807) is 6.07 Å². The molecule has 0 atom stereocenters. The Morgan fingerprint density at radius 3 is 2.57 bits per heavy atom. The van der Waals surface area contributed by atoms with Crippen LogP contribution in [0.1, 0.15) is 52.2 Å². The van der Waals surface area contributed by atoms with Gasteiger partial charge in [-0.25, -0.2) is 13.1 Å². The Morgan fingerprint density at radius 2 is 2.05 bits per heavy atom. The lowest BCUT2D eigenvalue weighted by Crippen LogP contribution is -2.52. The molecule has 0 aromatic carbocycles. The van der Waals surface area contributed by atoms with Crippen LogP contribution in [0.2, 0.25) is 0 Å². The zero-order valence-corrected chi connectivity index (χ0v) is 13.9. The largest absolute Gasteiger partial charge is 0.447 e. The maximum atomic E-state index is 12.4. The zero-order valence-electron chi connectivity index (χ0n) is 13.1. The molecule has 2 N–H and O–H groups in total. The first-order valence-corrected chi connectivity index (χ1v) is 9.19. The van der Waals surface area contributed by atoms with Gasteiger partial charge in [0.25, 0.3) is 10.0 Å². The Balaban J connectivity index is 1.99. The van der Waals surface area contributed by atoms with Gasteiger partial charge in [0, 0.05) is 5.54 Å². The molecular weight excluding hydrogens is 288 g/mol. The fourth-order valence-electron chi connectivity index (χ4n) is 2.55. The number of sulfonamides is 1. The summed E-state index contributed by atoms with van der Waals surface area (Å²) in [5, 5.41) is 3.26. The number of hydrogen-bond donors (Lipinski definition) is 2. The van der Waals surface area contributed by atoms with Gasteiger partial charge in [0.15, 0.2) is 0 Å². The molecule has 0 aliphatic heterocycles. The van der Waals surface area contributed by atoms with Gasteiger partial charge in [-0.1, -0.05) is 20.8 Å². The molecule has 0 amide bonds. The van der Waals surface area contributed by atoms with Crippen molar-refractivity contribution < 1.29 is 12.8 Å². The molecule has 1 saturated carbocycles. The predicted octanol–water partition coefficient (Wildman–Crippen LogP) is 2.64. The highest BCUT2D eigenvalue weighted by molar-refractivity contribution is 7.89. The molecule has 0 bridgehead atoms. The summed E-state index contributed by atoms with van der Waals surface area (Å²) in [4.78, 5) is 0. The highest BCUT2D eigenvalue weighted by Gasteiger charge is 2.39. The Kier molecular flexibility index (Phi) is 5.11. The Labute approximate surface area is 127 Å². The molecule has 5 nitrogen and oxygen atoms in total. The van der Waals surface area contributed by atoms with Gasteiger partial charge in [-0.3, -0.25) is 0 Å². The second-order valence-corrected chi connectivity index (χ2v) is 7.95. The monoisotopic (exact) mass is 314 g/mol. The van der Waals surface area contributed by atoms with Crippen LogP contribution in [0.3, 0.4) is 0 Å². The van der Waals surface area contributed by atoms with Crippen LogP contribution in [0.25, 0.3) is 0 Å². The van der Waals surface area contributed by atoms with Crippen molar-refractivity contribution in [2.45, 2.75) is 63.6 Å². The topological polar surface area (TPSA) is 71.3 Å². The van der Waals surface area contributed by atoms with Crippen molar-refractivity contribution >= 4 is 10.0 Å². The standard InChI is InChI=1S/C15H26N2O3S/c1-4-15(8-5-9-15)17-21(18,19)14-7-6-13(20-14)11-16-10-12(2)3/h6-7,12,16-17H,4-5,8-11H2,1-3H3. The molecule has 120 valence electrons. The Bertz CT molecular complexity index is 554. The van der Waals surface area contributed by atoms with Gasteiger partial charge >= 0.3 is 0 Å². The summed E-state index contributed by atoms with van der Waals surface area (Å²) < 4.78 is 33.0. The molecule has 1 aliphatic rings. The molecule has 0 saturated heterocycles. The van der Waals surface area contributed by atoms with Crippen LogP contribution in [0.5, 0.6) is 0 Å². The minimum atomic E-state index is -3.56. The third kappa shape index (κ3) is 4.08. The molecule has 1 aromatic rings. The first-order chi connectivity index (χ1) is 9.87. The van der Waals surface area contributed by atoms with Crippen molar-refractivity contribution in [2.24, 2.45) is 5.92 Å². The van der Waals surface area contributed by atoms with E-state index in [4.69, 9.17) is 4.42 Å². The van der Waals surface area contributed by atoms with E-state index in [1.165, 1.54) is 6.07 Å². The minimum absolute atomic E-state index is 0.0172. The zero-order chi connectivity index (χ0) is 15.5. The van der Waals surface area contributed by atoms with Crippen LogP contribution >= 0.6 is 0 Å². The molecule has 1 heterocycles. The van der Waals surface area contributed by atoms with Gasteiger partial charge in [0.1, 0.15) is 5.76 Å². The number of rotatable bonds is 8. The first-order valence-electron chi connectivity index (χ1n) is 7.70. The lowest BCUT2D eigenvalue weighted by Gasteiger charge is -2.41. The lowest BCUT2D eigenvalue weighted by atomic mass is 9.76. The number of hydrogen-bond acceptors (Lipinski definition) is 4. The van der Waals surface area contributed by atoms with Crippen molar-refractivity contribution in [1.29, 1.82) is 0 Å². The lowest BCUT2D eigenvalue weighted by molar-refractivity contribution is 0.212. The van der Waals surface area contributed by atoms with Gasteiger partial charge in [-0.05, 0) is 50.3 Å². The molecule has 21 heavy (non-hydrogen) atoms. The smallest absolute Gasteiger partial charge is 0.274 e. The first kappa shape index (κ1) is 16.5. The molecule has 1 fully saturated rings. The van der Waals surface area contributed by atoms with Gasteiger partial charge in [-0.2, -0.15) is 0 Å². The van der Waals surface area contributed by atoms with Crippen LogP contribution < -0.4 is 10.0 Å². The average molecular weight is 314 g/mol. The summed E-state index contributed by atoms with van der Waals surface area (Å²) in [5.41, 5.74) is -0.262. The van der Waals surface area contributed by atoms with Crippen LogP contribution in [-0.2, 0) is 16.6 Å². The van der Waals surface area contributed by atoms with Gasteiger partial charge in [-0.15, -0.1) is 0 Å². The normalized spacial score (nSPS) is 17.9. The van der Waals surface area contributed by atoms with Crippen LogP contribution in [0.4, 0.5) is 0 Å². The third-order valence-corrected chi connectivity index (χ3v) is 5.54. The molecular formula is C15H26N2O3S. The molecule has 0 unspecified atom stereocenters. The molecule has 6 heteroatoms. The molecule has 2 rings (SSSR count). The van der Waals surface area contributed by atoms with Crippen LogP contribution in [0.15, 0.2) is 21.6 Å². The van der Waals surface area contributed by atoms with Crippen molar-refractivity contribution in [3.05, 3.63) is 17.9 Å². The van der Waals surface area contributed by atoms with E-state index in [0.717, 1.165) is 32.2 Å². The van der Waals surface area contributed by atoms with Gasteiger partial charge in [0.2, 0.25) is 5.09 Å². The fraction of sp³-hybridized carbons (Fsp3) is 0.733. The number of nitrogens with one attached hydrogen (secondary N) is 2. The summed E-state index contributed by atoms with van der Waals surface area (Å²) in [6.45, 7) is 7.69. The minimum Gasteiger partial charge on any atom is -0.447 e. The van der Waals surface area contributed by atoms with E-state index < -0.39 is 10.0 Å². The SMILES string of the molecule is CCC1(NS(=O)(=O)c2ccc(CNCC(C)C)o2)CCC1. The van der Waals surface area contributed by atoms with E-state index in [0.29, 0.717) is 18.2 Å². The summed E-state index contributed by atoms with van der Waals surface area (Å²) in [5.74, 6) is 1.20. The van der Waals surface area contributed by atoms with Crippen LogP contribution in [-0.4, -0.2) is 20.5 Å². The van der Waals surface area contributed by atoms with Gasteiger partial charge in [0.05, 0.1) is 6.54 Å². The van der Waals surface area contributed by atoms with Crippen molar-refractivity contribution in [3.63, 3.8) is 0 Å².